The predicted octanol–water partition coefficient (Wildman–Crippen LogP) is 1.75. The number of alkyl halides is 3. The minimum absolute atomic E-state index is 0.00861. The van der Waals surface area contributed by atoms with E-state index in [1.807, 2.05) is 0 Å². The number of aliphatic hydroxyl groups is 2. The number of aliphatic hydroxyl groups excluding tert-OH is 2. The van der Waals surface area contributed by atoms with Gasteiger partial charge >= 0.3 is 6.18 Å². The van der Waals surface area contributed by atoms with Crippen LogP contribution in [-0.4, -0.2) is 46.5 Å². The molecule has 2 rings (SSSR count). The van der Waals surface area contributed by atoms with E-state index in [9.17, 15) is 13.2 Å². The van der Waals surface area contributed by atoms with Gasteiger partial charge in [-0.3, -0.25) is 0 Å². The fourth-order valence-electron chi connectivity index (χ4n) is 2.18. The van der Waals surface area contributed by atoms with Crippen LogP contribution in [0.15, 0.2) is 18.2 Å². The number of nitrogens with zero attached hydrogens (tertiary/aromatic N) is 3. The zero-order valence-electron chi connectivity index (χ0n) is 11.9. The van der Waals surface area contributed by atoms with Gasteiger partial charge in [-0.15, -0.1) is 0 Å². The van der Waals surface area contributed by atoms with Gasteiger partial charge in [0.05, 0.1) is 18.9 Å². The smallest absolute Gasteiger partial charge is 0.395 e. The first kappa shape index (κ1) is 16.4. The third-order valence-corrected chi connectivity index (χ3v) is 3.16. The molecular weight excluding hydrogens is 299 g/mol. The standard InChI is InChI=1S/C14H16F3N3O2/c1-9-2-3-10-11(20(4-6-21)5-7-22)8-12(14(15,16)17)19-13(10)18-9/h2-3,8,21-22H,4-7H2,1H3. The first-order chi connectivity index (χ1) is 10.4. The van der Waals surface area contributed by atoms with Crippen molar-refractivity contribution in [2.24, 2.45) is 0 Å². The van der Waals surface area contributed by atoms with E-state index in [4.69, 9.17) is 10.2 Å². The van der Waals surface area contributed by atoms with E-state index < -0.39 is 11.9 Å². The molecule has 0 saturated carbocycles. The van der Waals surface area contributed by atoms with E-state index in [2.05, 4.69) is 9.97 Å². The first-order valence-electron chi connectivity index (χ1n) is 6.69. The fourth-order valence-corrected chi connectivity index (χ4v) is 2.18. The molecule has 0 bridgehead atoms. The van der Waals surface area contributed by atoms with Crippen LogP contribution < -0.4 is 4.90 Å². The van der Waals surface area contributed by atoms with Gasteiger partial charge in [0.15, 0.2) is 5.65 Å². The Kier molecular flexibility index (Phi) is 4.82. The number of halogens is 3. The minimum Gasteiger partial charge on any atom is -0.395 e. The van der Waals surface area contributed by atoms with Crippen molar-refractivity contribution in [3.8, 4) is 0 Å². The Morgan fingerprint density at radius 2 is 1.73 bits per heavy atom. The van der Waals surface area contributed by atoms with Crippen molar-refractivity contribution >= 4 is 16.7 Å². The molecule has 8 heteroatoms. The van der Waals surface area contributed by atoms with Crippen LogP contribution in [0.4, 0.5) is 18.9 Å². The highest BCUT2D eigenvalue weighted by atomic mass is 19.4. The lowest BCUT2D eigenvalue weighted by atomic mass is 10.1. The van der Waals surface area contributed by atoms with Crippen LogP contribution in [0.5, 0.6) is 0 Å². The molecule has 2 aromatic heterocycles. The molecule has 0 aliphatic rings. The molecule has 2 heterocycles. The van der Waals surface area contributed by atoms with Crippen LogP contribution in [0.1, 0.15) is 11.4 Å². The van der Waals surface area contributed by atoms with Crippen molar-refractivity contribution in [1.82, 2.24) is 9.97 Å². The number of aromatic nitrogens is 2. The lowest BCUT2D eigenvalue weighted by Gasteiger charge is -2.25. The highest BCUT2D eigenvalue weighted by Crippen LogP contribution is 2.34. The van der Waals surface area contributed by atoms with Gasteiger partial charge in [0.2, 0.25) is 0 Å². The average Bonchev–Trinajstić information content (AvgIpc) is 2.44. The second-order valence-electron chi connectivity index (χ2n) is 4.78. The average molecular weight is 315 g/mol. The molecule has 0 aliphatic carbocycles. The molecule has 0 aromatic carbocycles. The summed E-state index contributed by atoms with van der Waals surface area (Å²) in [5.74, 6) is 0. The molecule has 0 amide bonds. The molecule has 2 N–H and O–H groups in total. The summed E-state index contributed by atoms with van der Waals surface area (Å²) >= 11 is 0. The molecule has 0 atom stereocenters. The number of fused-ring (bicyclic) bond motifs is 1. The summed E-state index contributed by atoms with van der Waals surface area (Å²) in [5.41, 5.74) is -0.256. The van der Waals surface area contributed by atoms with Gasteiger partial charge in [-0.05, 0) is 25.1 Å². The SMILES string of the molecule is Cc1ccc2c(N(CCO)CCO)cc(C(F)(F)F)nc2n1. The number of pyridine rings is 2. The molecule has 0 spiro atoms. The topological polar surface area (TPSA) is 69.5 Å². The molecule has 2 aromatic rings. The summed E-state index contributed by atoms with van der Waals surface area (Å²) in [6.07, 6.45) is -4.60. The van der Waals surface area contributed by atoms with Crippen molar-refractivity contribution < 1.29 is 23.4 Å². The maximum atomic E-state index is 13.0. The number of aryl methyl sites for hydroxylation is 1. The fraction of sp³-hybridized carbons (Fsp3) is 0.429. The molecule has 0 fully saturated rings. The van der Waals surface area contributed by atoms with Gasteiger partial charge < -0.3 is 15.1 Å². The Labute approximate surface area is 125 Å². The monoisotopic (exact) mass is 315 g/mol. The summed E-state index contributed by atoms with van der Waals surface area (Å²) in [6.45, 7) is 1.38. The molecular formula is C14H16F3N3O2. The van der Waals surface area contributed by atoms with Gasteiger partial charge in [0, 0.05) is 24.2 Å². The Bertz CT molecular complexity index is 656. The van der Waals surface area contributed by atoms with Crippen molar-refractivity contribution in [3.63, 3.8) is 0 Å². The molecule has 0 aliphatic heterocycles. The van der Waals surface area contributed by atoms with Crippen LogP contribution >= 0.6 is 0 Å². The van der Waals surface area contributed by atoms with E-state index in [0.29, 0.717) is 11.1 Å². The molecule has 22 heavy (non-hydrogen) atoms. The maximum Gasteiger partial charge on any atom is 0.433 e. The van der Waals surface area contributed by atoms with E-state index in [0.717, 1.165) is 6.07 Å². The Balaban J connectivity index is 2.68. The van der Waals surface area contributed by atoms with Crippen molar-refractivity contribution in [3.05, 3.63) is 29.6 Å². The second-order valence-corrected chi connectivity index (χ2v) is 4.78. The van der Waals surface area contributed by atoms with Crippen LogP contribution in [0.3, 0.4) is 0 Å². The molecule has 0 saturated heterocycles. The Hall–Kier alpha value is -1.93. The number of hydrogen-bond acceptors (Lipinski definition) is 5. The van der Waals surface area contributed by atoms with Gasteiger partial charge in [0.25, 0.3) is 0 Å². The summed E-state index contributed by atoms with van der Waals surface area (Å²) in [5, 5.41) is 18.6. The van der Waals surface area contributed by atoms with E-state index >= 15 is 0 Å². The first-order valence-corrected chi connectivity index (χ1v) is 6.69. The minimum atomic E-state index is -4.60. The Morgan fingerprint density at radius 3 is 2.27 bits per heavy atom. The molecule has 0 unspecified atom stereocenters. The normalized spacial score (nSPS) is 11.9. The van der Waals surface area contributed by atoms with E-state index in [1.165, 1.54) is 4.90 Å². The van der Waals surface area contributed by atoms with Crippen LogP contribution in [0, 0.1) is 6.92 Å². The summed E-state index contributed by atoms with van der Waals surface area (Å²) in [7, 11) is 0. The van der Waals surface area contributed by atoms with Crippen LogP contribution in [0.25, 0.3) is 11.0 Å². The van der Waals surface area contributed by atoms with Crippen molar-refractivity contribution in [2.75, 3.05) is 31.2 Å². The summed E-state index contributed by atoms with van der Waals surface area (Å²) in [6, 6.07) is 4.24. The third kappa shape index (κ3) is 3.45. The highest BCUT2D eigenvalue weighted by molar-refractivity contribution is 5.90. The number of hydrogen-bond donors (Lipinski definition) is 2. The zero-order valence-corrected chi connectivity index (χ0v) is 11.9. The maximum absolute atomic E-state index is 13.0. The summed E-state index contributed by atoms with van der Waals surface area (Å²) in [4.78, 5) is 9.12. The lowest BCUT2D eigenvalue weighted by molar-refractivity contribution is -0.140. The highest BCUT2D eigenvalue weighted by Gasteiger charge is 2.34. The number of anilines is 1. The third-order valence-electron chi connectivity index (χ3n) is 3.16. The summed E-state index contributed by atoms with van der Waals surface area (Å²) < 4.78 is 39.1. The number of rotatable bonds is 5. The largest absolute Gasteiger partial charge is 0.433 e. The quantitative estimate of drug-likeness (QED) is 0.880. The lowest BCUT2D eigenvalue weighted by Crippen LogP contribution is -2.30. The van der Waals surface area contributed by atoms with Gasteiger partial charge in [-0.1, -0.05) is 0 Å². The van der Waals surface area contributed by atoms with Crippen LogP contribution in [-0.2, 0) is 6.18 Å². The Morgan fingerprint density at radius 1 is 1.09 bits per heavy atom. The molecule has 0 radical (unpaired) electrons. The second kappa shape index (κ2) is 6.45. The zero-order chi connectivity index (χ0) is 16.3. The van der Waals surface area contributed by atoms with E-state index in [1.54, 1.807) is 19.1 Å². The van der Waals surface area contributed by atoms with Crippen LogP contribution in [0.2, 0.25) is 0 Å². The molecule has 120 valence electrons. The van der Waals surface area contributed by atoms with Gasteiger partial charge in [-0.2, -0.15) is 13.2 Å². The van der Waals surface area contributed by atoms with Gasteiger partial charge in [0.1, 0.15) is 5.69 Å². The van der Waals surface area contributed by atoms with Crippen molar-refractivity contribution in [1.29, 1.82) is 0 Å². The van der Waals surface area contributed by atoms with Gasteiger partial charge in [-0.25, -0.2) is 9.97 Å². The van der Waals surface area contributed by atoms with E-state index in [-0.39, 0.29) is 37.6 Å². The van der Waals surface area contributed by atoms with Crippen molar-refractivity contribution in [2.45, 2.75) is 13.1 Å². The molecule has 5 nitrogen and oxygen atoms in total. The predicted molar refractivity (Wildman–Crippen MR) is 75.7 cm³/mol.